The predicted molar refractivity (Wildman–Crippen MR) is 94.9 cm³/mol. The number of aliphatic hydroxyl groups excluding tert-OH is 1. The largest absolute Gasteiger partial charge is 0.391 e. The molecule has 1 unspecified atom stereocenters. The maximum Gasteiger partial charge on any atom is 0.253 e. The van der Waals surface area contributed by atoms with E-state index in [4.69, 9.17) is 0 Å². The first-order chi connectivity index (χ1) is 11.5. The molecular weight excluding hydrogens is 302 g/mol. The van der Waals surface area contributed by atoms with Crippen molar-refractivity contribution in [1.29, 1.82) is 0 Å². The fraction of sp³-hybridized carbons (Fsp3) is 0.632. The van der Waals surface area contributed by atoms with E-state index in [-0.39, 0.29) is 12.0 Å². The van der Waals surface area contributed by atoms with Gasteiger partial charge in [-0.1, -0.05) is 12.1 Å². The number of hydrogen-bond donors (Lipinski definition) is 1. The fourth-order valence-corrected chi connectivity index (χ4v) is 3.23. The van der Waals surface area contributed by atoms with Gasteiger partial charge in [0, 0.05) is 51.9 Å². The van der Waals surface area contributed by atoms with E-state index < -0.39 is 0 Å². The Labute approximate surface area is 144 Å². The second-order valence-electron chi connectivity index (χ2n) is 7.37. The molecule has 1 atom stereocenters. The van der Waals surface area contributed by atoms with Crippen LogP contribution >= 0.6 is 0 Å². The van der Waals surface area contributed by atoms with Gasteiger partial charge in [0.2, 0.25) is 0 Å². The van der Waals surface area contributed by atoms with Gasteiger partial charge >= 0.3 is 0 Å². The number of nitrogens with zero attached hydrogens (tertiary/aromatic N) is 3. The van der Waals surface area contributed by atoms with E-state index in [1.165, 1.54) is 5.56 Å². The minimum atomic E-state index is -0.379. The Balaban J connectivity index is 1.52. The fourth-order valence-electron chi connectivity index (χ4n) is 3.23. The molecule has 2 aliphatic rings. The van der Waals surface area contributed by atoms with Gasteiger partial charge in [-0.3, -0.25) is 9.69 Å². The van der Waals surface area contributed by atoms with E-state index in [9.17, 15) is 9.90 Å². The maximum absolute atomic E-state index is 12.5. The number of rotatable bonds is 6. The van der Waals surface area contributed by atoms with Gasteiger partial charge in [-0.05, 0) is 43.5 Å². The highest BCUT2D eigenvalue weighted by molar-refractivity contribution is 5.94. The third-order valence-electron chi connectivity index (χ3n) is 5.18. The van der Waals surface area contributed by atoms with Crippen molar-refractivity contribution in [3.8, 4) is 0 Å². The number of carbonyl (C=O) groups is 1. The molecule has 1 saturated heterocycles. The first kappa shape index (κ1) is 17.4. The molecule has 132 valence electrons. The number of hydrogen-bond acceptors (Lipinski definition) is 4. The normalized spacial score (nSPS) is 20.8. The second-order valence-corrected chi connectivity index (χ2v) is 7.37. The Kier molecular flexibility index (Phi) is 5.54. The van der Waals surface area contributed by atoms with E-state index in [1.807, 2.05) is 12.1 Å². The second kappa shape index (κ2) is 7.64. The number of aliphatic hydroxyl groups is 1. The Morgan fingerprint density at radius 2 is 1.83 bits per heavy atom. The average Bonchev–Trinajstić information content (AvgIpc) is 3.42. The third-order valence-corrected chi connectivity index (χ3v) is 5.18. The van der Waals surface area contributed by atoms with E-state index in [1.54, 1.807) is 11.9 Å². The zero-order valence-corrected chi connectivity index (χ0v) is 14.8. The molecule has 0 bridgehead atoms. The lowest BCUT2D eigenvalue weighted by molar-refractivity contribution is 0.0645. The number of amides is 1. The molecule has 1 amide bonds. The van der Waals surface area contributed by atoms with Crippen molar-refractivity contribution < 1.29 is 9.90 Å². The van der Waals surface area contributed by atoms with Crippen molar-refractivity contribution in [3.63, 3.8) is 0 Å². The molecule has 2 fully saturated rings. The van der Waals surface area contributed by atoms with Crippen LogP contribution in [0.4, 0.5) is 0 Å². The minimum Gasteiger partial charge on any atom is -0.391 e. The highest BCUT2D eigenvalue weighted by Crippen LogP contribution is 2.32. The van der Waals surface area contributed by atoms with E-state index in [2.05, 4.69) is 29.0 Å². The van der Waals surface area contributed by atoms with Gasteiger partial charge in [-0.2, -0.15) is 0 Å². The zero-order valence-electron chi connectivity index (χ0n) is 14.8. The lowest BCUT2D eigenvalue weighted by Crippen LogP contribution is -2.43. The lowest BCUT2D eigenvalue weighted by atomic mass is 10.1. The van der Waals surface area contributed by atoms with Crippen molar-refractivity contribution in [3.05, 3.63) is 35.4 Å². The number of carbonyl (C=O) groups excluding carboxylic acids is 1. The summed E-state index contributed by atoms with van der Waals surface area (Å²) < 4.78 is 0. The Hall–Kier alpha value is -1.43. The molecule has 1 saturated carbocycles. The molecule has 1 aromatic rings. The van der Waals surface area contributed by atoms with Crippen LogP contribution in [0.2, 0.25) is 0 Å². The van der Waals surface area contributed by atoms with Crippen LogP contribution in [0.3, 0.4) is 0 Å². The molecule has 0 spiro atoms. The Bertz CT molecular complexity index is 548. The van der Waals surface area contributed by atoms with Crippen molar-refractivity contribution in [2.75, 3.05) is 46.8 Å². The number of piperazine rings is 1. The lowest BCUT2D eigenvalue weighted by Gasteiger charge is -2.32. The van der Waals surface area contributed by atoms with Gasteiger partial charge in [0.15, 0.2) is 0 Å². The molecule has 1 aliphatic carbocycles. The third kappa shape index (κ3) is 4.56. The molecule has 5 nitrogen and oxygen atoms in total. The zero-order chi connectivity index (χ0) is 17.1. The maximum atomic E-state index is 12.5. The SMILES string of the molecule is CN1CCN(Cc2ccc(C(=O)N(C)CC(O)C3CC3)cc2)CC1. The van der Waals surface area contributed by atoms with Crippen LogP contribution in [0.25, 0.3) is 0 Å². The molecule has 0 radical (unpaired) electrons. The first-order valence-electron chi connectivity index (χ1n) is 8.96. The summed E-state index contributed by atoms with van der Waals surface area (Å²) in [6.07, 6.45) is 1.80. The molecular formula is C19H29N3O2. The summed E-state index contributed by atoms with van der Waals surface area (Å²) in [5, 5.41) is 10.00. The van der Waals surface area contributed by atoms with E-state index in [0.29, 0.717) is 18.0 Å². The van der Waals surface area contributed by atoms with Crippen molar-refractivity contribution in [1.82, 2.24) is 14.7 Å². The molecule has 5 heteroatoms. The van der Waals surface area contributed by atoms with Gasteiger partial charge in [-0.15, -0.1) is 0 Å². The Morgan fingerprint density at radius 3 is 2.42 bits per heavy atom. The van der Waals surface area contributed by atoms with Crippen molar-refractivity contribution in [2.45, 2.75) is 25.5 Å². The van der Waals surface area contributed by atoms with E-state index in [0.717, 1.165) is 45.6 Å². The van der Waals surface area contributed by atoms with Crippen LogP contribution in [0.15, 0.2) is 24.3 Å². The van der Waals surface area contributed by atoms with Crippen LogP contribution in [0, 0.1) is 5.92 Å². The monoisotopic (exact) mass is 331 g/mol. The number of likely N-dealkylation sites (N-methyl/N-ethyl adjacent to an activating group) is 2. The highest BCUT2D eigenvalue weighted by Gasteiger charge is 2.31. The molecule has 1 heterocycles. The molecule has 1 aliphatic heterocycles. The molecule has 3 rings (SSSR count). The van der Waals surface area contributed by atoms with Crippen molar-refractivity contribution >= 4 is 5.91 Å². The van der Waals surface area contributed by atoms with Gasteiger partial charge in [0.05, 0.1) is 6.10 Å². The highest BCUT2D eigenvalue weighted by atomic mass is 16.3. The predicted octanol–water partition coefficient (Wildman–Crippen LogP) is 1.28. The molecule has 1 N–H and O–H groups in total. The van der Waals surface area contributed by atoms with Crippen LogP contribution in [-0.4, -0.2) is 78.6 Å². The average molecular weight is 331 g/mol. The van der Waals surface area contributed by atoms with Gasteiger partial charge < -0.3 is 14.9 Å². The summed E-state index contributed by atoms with van der Waals surface area (Å²) in [5.74, 6) is 0.382. The topological polar surface area (TPSA) is 47.0 Å². The Morgan fingerprint density at radius 1 is 1.21 bits per heavy atom. The summed E-state index contributed by atoms with van der Waals surface area (Å²) in [6, 6.07) is 7.93. The standard InChI is InChI=1S/C19H29N3O2/c1-20-9-11-22(12-10-20)13-15-3-5-17(6-4-15)19(24)21(2)14-18(23)16-7-8-16/h3-6,16,18,23H,7-14H2,1-2H3. The molecule has 24 heavy (non-hydrogen) atoms. The first-order valence-corrected chi connectivity index (χ1v) is 8.96. The van der Waals surface area contributed by atoms with Gasteiger partial charge in [0.1, 0.15) is 0 Å². The van der Waals surface area contributed by atoms with Crippen LogP contribution in [0.5, 0.6) is 0 Å². The molecule has 1 aromatic carbocycles. The smallest absolute Gasteiger partial charge is 0.253 e. The van der Waals surface area contributed by atoms with Gasteiger partial charge in [0.25, 0.3) is 5.91 Å². The van der Waals surface area contributed by atoms with Crippen molar-refractivity contribution in [2.24, 2.45) is 5.92 Å². The van der Waals surface area contributed by atoms with Gasteiger partial charge in [-0.25, -0.2) is 0 Å². The summed E-state index contributed by atoms with van der Waals surface area (Å²) in [4.78, 5) is 18.9. The number of benzene rings is 1. The summed E-state index contributed by atoms with van der Waals surface area (Å²) in [5.41, 5.74) is 1.94. The van der Waals surface area contributed by atoms with Crippen LogP contribution in [0.1, 0.15) is 28.8 Å². The summed E-state index contributed by atoms with van der Waals surface area (Å²) >= 11 is 0. The molecule has 0 aromatic heterocycles. The van der Waals surface area contributed by atoms with Crippen LogP contribution in [-0.2, 0) is 6.54 Å². The van der Waals surface area contributed by atoms with Crippen LogP contribution < -0.4 is 0 Å². The summed E-state index contributed by atoms with van der Waals surface area (Å²) in [7, 11) is 3.93. The quantitative estimate of drug-likeness (QED) is 0.853. The van der Waals surface area contributed by atoms with E-state index >= 15 is 0 Å². The minimum absolute atomic E-state index is 0.0131. The summed E-state index contributed by atoms with van der Waals surface area (Å²) in [6.45, 7) is 5.79.